The molecular formula is C9H13Cl2N3. The summed E-state index contributed by atoms with van der Waals surface area (Å²) in [4.78, 5) is 3.96. The number of aromatic nitrogens is 1. The Labute approximate surface area is 93.6 Å². The molecule has 1 aromatic heterocycles. The molecule has 0 unspecified atom stereocenters. The summed E-state index contributed by atoms with van der Waals surface area (Å²) >= 11 is 11.6. The number of nitrogens with one attached hydrogen (secondary N) is 1. The highest BCUT2D eigenvalue weighted by atomic mass is 35.5. The predicted molar refractivity (Wildman–Crippen MR) is 59.6 cm³/mol. The van der Waals surface area contributed by atoms with E-state index in [-0.39, 0.29) is 0 Å². The minimum Gasteiger partial charge on any atom is -0.330 e. The van der Waals surface area contributed by atoms with Crippen LogP contribution in [0.3, 0.4) is 0 Å². The van der Waals surface area contributed by atoms with Crippen molar-refractivity contribution in [3.63, 3.8) is 0 Å². The molecule has 0 bridgehead atoms. The highest BCUT2D eigenvalue weighted by molar-refractivity contribution is 6.34. The van der Waals surface area contributed by atoms with Crippen molar-refractivity contribution < 1.29 is 0 Å². The van der Waals surface area contributed by atoms with Crippen molar-refractivity contribution in [3.05, 3.63) is 28.0 Å². The maximum Gasteiger partial charge on any atom is 0.130 e. The van der Waals surface area contributed by atoms with Crippen molar-refractivity contribution in [1.29, 1.82) is 0 Å². The topological polar surface area (TPSA) is 50.9 Å². The lowest BCUT2D eigenvalue weighted by Crippen LogP contribution is -2.18. The van der Waals surface area contributed by atoms with E-state index in [2.05, 4.69) is 10.3 Å². The van der Waals surface area contributed by atoms with Gasteiger partial charge in [-0.1, -0.05) is 23.2 Å². The Balaban J connectivity index is 2.42. The molecule has 0 aliphatic carbocycles. The highest BCUT2D eigenvalue weighted by Crippen LogP contribution is 2.18. The Morgan fingerprint density at radius 3 is 2.86 bits per heavy atom. The molecule has 0 atom stereocenters. The summed E-state index contributed by atoms with van der Waals surface area (Å²) in [5.74, 6) is 0. The summed E-state index contributed by atoms with van der Waals surface area (Å²) in [6.45, 7) is 2.28. The lowest BCUT2D eigenvalue weighted by atomic mass is 10.3. The molecule has 1 heterocycles. The van der Waals surface area contributed by atoms with Crippen LogP contribution in [0.15, 0.2) is 12.3 Å². The Bertz CT molecular complexity index is 291. The molecule has 0 saturated carbocycles. The van der Waals surface area contributed by atoms with E-state index in [0.29, 0.717) is 23.3 Å². The number of nitrogens with zero attached hydrogens (tertiary/aromatic N) is 1. The highest BCUT2D eigenvalue weighted by Gasteiger charge is 2.01. The zero-order chi connectivity index (χ0) is 10.4. The van der Waals surface area contributed by atoms with Crippen LogP contribution in [-0.4, -0.2) is 18.1 Å². The molecule has 78 valence electrons. The summed E-state index contributed by atoms with van der Waals surface area (Å²) in [5.41, 5.74) is 6.31. The molecule has 0 fully saturated rings. The van der Waals surface area contributed by atoms with Gasteiger partial charge in [0.1, 0.15) is 5.15 Å². The average Bonchev–Trinajstić information content (AvgIpc) is 2.15. The Hall–Kier alpha value is -0.350. The maximum absolute atomic E-state index is 5.95. The molecule has 1 aromatic rings. The molecule has 0 radical (unpaired) electrons. The van der Waals surface area contributed by atoms with Gasteiger partial charge in [-0.05, 0) is 25.6 Å². The van der Waals surface area contributed by atoms with E-state index < -0.39 is 0 Å². The summed E-state index contributed by atoms with van der Waals surface area (Å²) < 4.78 is 0. The average molecular weight is 234 g/mol. The third-order valence-electron chi connectivity index (χ3n) is 1.77. The van der Waals surface area contributed by atoms with Crippen LogP contribution in [0, 0.1) is 0 Å². The van der Waals surface area contributed by atoms with E-state index in [0.717, 1.165) is 18.5 Å². The maximum atomic E-state index is 5.95. The van der Waals surface area contributed by atoms with Gasteiger partial charge >= 0.3 is 0 Å². The SMILES string of the molecule is NCCCNCc1cnc(Cl)cc1Cl. The number of pyridine rings is 1. The van der Waals surface area contributed by atoms with Gasteiger partial charge in [0.25, 0.3) is 0 Å². The van der Waals surface area contributed by atoms with Crippen molar-refractivity contribution in [2.75, 3.05) is 13.1 Å². The van der Waals surface area contributed by atoms with Gasteiger partial charge in [-0.25, -0.2) is 4.98 Å². The van der Waals surface area contributed by atoms with Gasteiger partial charge in [-0.3, -0.25) is 0 Å². The summed E-state index contributed by atoms with van der Waals surface area (Å²) in [6, 6.07) is 1.64. The van der Waals surface area contributed by atoms with Gasteiger partial charge in [0.15, 0.2) is 0 Å². The molecule has 0 saturated heterocycles. The minimum absolute atomic E-state index is 0.417. The molecule has 3 nitrogen and oxygen atoms in total. The zero-order valence-electron chi connectivity index (χ0n) is 7.76. The summed E-state index contributed by atoms with van der Waals surface area (Å²) in [7, 11) is 0. The first-order valence-electron chi connectivity index (χ1n) is 4.44. The van der Waals surface area contributed by atoms with Gasteiger partial charge in [0.05, 0.1) is 0 Å². The second-order valence-electron chi connectivity index (χ2n) is 2.92. The van der Waals surface area contributed by atoms with Crippen LogP contribution in [0.25, 0.3) is 0 Å². The fourth-order valence-corrected chi connectivity index (χ4v) is 1.45. The van der Waals surface area contributed by atoms with Crippen molar-refractivity contribution in [3.8, 4) is 0 Å². The lowest BCUT2D eigenvalue weighted by molar-refractivity contribution is 0.654. The number of nitrogens with two attached hydrogens (primary N) is 1. The molecule has 0 aliphatic heterocycles. The van der Waals surface area contributed by atoms with Crippen LogP contribution in [0.4, 0.5) is 0 Å². The van der Waals surface area contributed by atoms with Crippen molar-refractivity contribution >= 4 is 23.2 Å². The first kappa shape index (κ1) is 11.7. The molecule has 0 amide bonds. The van der Waals surface area contributed by atoms with Crippen molar-refractivity contribution in [2.24, 2.45) is 5.73 Å². The van der Waals surface area contributed by atoms with Crippen LogP contribution in [-0.2, 0) is 6.54 Å². The molecule has 14 heavy (non-hydrogen) atoms. The normalized spacial score (nSPS) is 10.5. The van der Waals surface area contributed by atoms with E-state index in [9.17, 15) is 0 Å². The zero-order valence-corrected chi connectivity index (χ0v) is 9.28. The Morgan fingerprint density at radius 1 is 1.43 bits per heavy atom. The van der Waals surface area contributed by atoms with Crippen LogP contribution in [0.1, 0.15) is 12.0 Å². The fourth-order valence-electron chi connectivity index (χ4n) is 1.02. The number of hydrogen-bond donors (Lipinski definition) is 2. The van der Waals surface area contributed by atoms with Crippen molar-refractivity contribution in [1.82, 2.24) is 10.3 Å². The number of halogens is 2. The van der Waals surface area contributed by atoms with Crippen LogP contribution in [0.5, 0.6) is 0 Å². The van der Waals surface area contributed by atoms with Crippen LogP contribution < -0.4 is 11.1 Å². The molecule has 1 rings (SSSR count). The molecule has 0 aliphatic rings. The van der Waals surface area contributed by atoms with Crippen molar-refractivity contribution in [2.45, 2.75) is 13.0 Å². The minimum atomic E-state index is 0.417. The van der Waals surface area contributed by atoms with E-state index in [1.165, 1.54) is 0 Å². The monoisotopic (exact) mass is 233 g/mol. The fraction of sp³-hybridized carbons (Fsp3) is 0.444. The van der Waals surface area contributed by atoms with E-state index in [4.69, 9.17) is 28.9 Å². The predicted octanol–water partition coefficient (Wildman–Crippen LogP) is 1.83. The Morgan fingerprint density at radius 2 is 2.21 bits per heavy atom. The third kappa shape index (κ3) is 3.80. The summed E-state index contributed by atoms with van der Waals surface area (Å²) in [6.07, 6.45) is 2.64. The smallest absolute Gasteiger partial charge is 0.130 e. The van der Waals surface area contributed by atoms with E-state index in [1.807, 2.05) is 0 Å². The number of rotatable bonds is 5. The van der Waals surface area contributed by atoms with Crippen LogP contribution >= 0.6 is 23.2 Å². The molecule has 5 heteroatoms. The number of hydrogen-bond acceptors (Lipinski definition) is 3. The van der Waals surface area contributed by atoms with Gasteiger partial charge in [-0.2, -0.15) is 0 Å². The Kier molecular flexibility index (Phi) is 5.19. The largest absolute Gasteiger partial charge is 0.330 e. The molecule has 0 aromatic carbocycles. The van der Waals surface area contributed by atoms with Crippen LogP contribution in [0.2, 0.25) is 10.2 Å². The van der Waals surface area contributed by atoms with Gasteiger partial charge in [0.2, 0.25) is 0 Å². The third-order valence-corrected chi connectivity index (χ3v) is 2.33. The first-order valence-corrected chi connectivity index (χ1v) is 5.20. The van der Waals surface area contributed by atoms with Gasteiger partial charge in [-0.15, -0.1) is 0 Å². The van der Waals surface area contributed by atoms with Gasteiger partial charge < -0.3 is 11.1 Å². The standard InChI is InChI=1S/C9H13Cl2N3/c10-8-4-9(11)14-6-7(8)5-13-3-1-2-12/h4,6,13H,1-3,5,12H2. The second kappa shape index (κ2) is 6.19. The molecule has 0 spiro atoms. The quantitative estimate of drug-likeness (QED) is 0.603. The second-order valence-corrected chi connectivity index (χ2v) is 3.71. The van der Waals surface area contributed by atoms with E-state index in [1.54, 1.807) is 12.3 Å². The first-order chi connectivity index (χ1) is 6.74. The lowest BCUT2D eigenvalue weighted by Gasteiger charge is -2.05. The van der Waals surface area contributed by atoms with Gasteiger partial charge in [0, 0.05) is 23.3 Å². The molecule has 3 N–H and O–H groups in total. The van der Waals surface area contributed by atoms with E-state index >= 15 is 0 Å². The molecular weight excluding hydrogens is 221 g/mol. The summed E-state index contributed by atoms with van der Waals surface area (Å²) in [5, 5.41) is 4.28.